The predicted octanol–water partition coefficient (Wildman–Crippen LogP) is 0.588. The zero-order chi connectivity index (χ0) is 12.5. The van der Waals surface area contributed by atoms with Gasteiger partial charge in [-0.1, -0.05) is 13.3 Å². The molecule has 1 atom stereocenters. The fraction of sp³-hybridized carbons (Fsp3) is 0.833. The summed E-state index contributed by atoms with van der Waals surface area (Å²) in [4.78, 5) is 22.8. The van der Waals surface area contributed by atoms with E-state index in [1.807, 2.05) is 0 Å². The Labute approximate surface area is 102 Å². The fourth-order valence-electron chi connectivity index (χ4n) is 1.71. The summed E-state index contributed by atoms with van der Waals surface area (Å²) in [5.74, 6) is -0.0106. The molecule has 0 radical (unpaired) electrons. The molecule has 1 rings (SSSR count). The first-order valence-corrected chi connectivity index (χ1v) is 6.40. The summed E-state index contributed by atoms with van der Waals surface area (Å²) in [6.45, 7) is 3.68. The Bertz CT molecular complexity index is 250. The van der Waals surface area contributed by atoms with E-state index in [1.54, 1.807) is 0 Å². The van der Waals surface area contributed by atoms with Gasteiger partial charge in [-0.3, -0.25) is 9.59 Å². The highest BCUT2D eigenvalue weighted by Gasteiger charge is 2.22. The van der Waals surface area contributed by atoms with Gasteiger partial charge in [-0.25, -0.2) is 0 Å². The van der Waals surface area contributed by atoms with Gasteiger partial charge in [0.2, 0.25) is 11.8 Å². The summed E-state index contributed by atoms with van der Waals surface area (Å²) in [6.07, 6.45) is 3.96. The van der Waals surface area contributed by atoms with Crippen LogP contribution in [0.15, 0.2) is 0 Å². The molecule has 1 saturated heterocycles. The van der Waals surface area contributed by atoms with E-state index in [9.17, 15) is 9.59 Å². The first kappa shape index (κ1) is 14.0. The molecule has 1 unspecified atom stereocenters. The Hall–Kier alpha value is -1.10. The highest BCUT2D eigenvalue weighted by molar-refractivity contribution is 5.81. The van der Waals surface area contributed by atoms with E-state index in [0.717, 1.165) is 25.7 Å². The minimum absolute atomic E-state index is 0.0539. The number of rotatable bonds is 7. The van der Waals surface area contributed by atoms with E-state index < -0.39 is 0 Å². The van der Waals surface area contributed by atoms with Crippen molar-refractivity contribution in [3.05, 3.63) is 0 Å². The second-order valence-corrected chi connectivity index (χ2v) is 4.25. The average molecular weight is 242 g/mol. The van der Waals surface area contributed by atoms with Crippen molar-refractivity contribution in [2.75, 3.05) is 19.7 Å². The lowest BCUT2D eigenvalue weighted by Crippen LogP contribution is -2.39. The van der Waals surface area contributed by atoms with Crippen LogP contribution < -0.4 is 10.6 Å². The maximum absolute atomic E-state index is 11.5. The number of ether oxygens (including phenoxy) is 1. The maximum Gasteiger partial charge on any atom is 0.249 e. The fourth-order valence-corrected chi connectivity index (χ4v) is 1.71. The molecule has 0 aliphatic carbocycles. The molecule has 98 valence electrons. The van der Waals surface area contributed by atoms with E-state index in [1.165, 1.54) is 0 Å². The zero-order valence-electron chi connectivity index (χ0n) is 10.5. The molecule has 5 heteroatoms. The summed E-state index contributed by atoms with van der Waals surface area (Å²) in [7, 11) is 0. The Kier molecular flexibility index (Phi) is 6.62. The molecule has 1 fully saturated rings. The number of carbonyl (C=O) groups excluding carboxylic acids is 2. The minimum atomic E-state index is -0.286. The summed E-state index contributed by atoms with van der Waals surface area (Å²) < 4.78 is 5.25. The maximum atomic E-state index is 11.5. The van der Waals surface area contributed by atoms with Gasteiger partial charge in [-0.2, -0.15) is 0 Å². The standard InChI is InChI=1S/C12H22N2O3/c1-2-3-6-11(15)13-7-8-14-12(16)10-5-4-9-17-10/h10H,2-9H2,1H3,(H,13,15)(H,14,16). The van der Waals surface area contributed by atoms with Crippen LogP contribution in [0.25, 0.3) is 0 Å². The Morgan fingerprint density at radius 3 is 2.71 bits per heavy atom. The first-order valence-electron chi connectivity index (χ1n) is 6.40. The molecule has 1 heterocycles. The van der Waals surface area contributed by atoms with Crippen LogP contribution in [0, 0.1) is 0 Å². The molecule has 2 N–H and O–H groups in total. The molecule has 0 aromatic rings. The van der Waals surface area contributed by atoms with Crippen LogP contribution in [0.2, 0.25) is 0 Å². The number of amides is 2. The van der Waals surface area contributed by atoms with E-state index in [2.05, 4.69) is 17.6 Å². The number of hydrogen-bond donors (Lipinski definition) is 2. The van der Waals surface area contributed by atoms with E-state index in [4.69, 9.17) is 4.74 Å². The number of unbranched alkanes of at least 4 members (excludes halogenated alkanes) is 1. The number of hydrogen-bond acceptors (Lipinski definition) is 3. The van der Waals surface area contributed by atoms with Gasteiger partial charge in [0.05, 0.1) is 0 Å². The van der Waals surface area contributed by atoms with Crippen molar-refractivity contribution in [1.29, 1.82) is 0 Å². The third-order valence-corrected chi connectivity index (χ3v) is 2.73. The third kappa shape index (κ3) is 5.68. The normalized spacial score (nSPS) is 19.0. The molecule has 1 aliphatic heterocycles. The van der Waals surface area contributed by atoms with Crippen molar-refractivity contribution < 1.29 is 14.3 Å². The van der Waals surface area contributed by atoms with Crippen LogP contribution in [0.5, 0.6) is 0 Å². The second-order valence-electron chi connectivity index (χ2n) is 4.25. The van der Waals surface area contributed by atoms with Gasteiger partial charge in [0.1, 0.15) is 6.10 Å². The summed E-state index contributed by atoms with van der Waals surface area (Å²) in [5.41, 5.74) is 0. The smallest absolute Gasteiger partial charge is 0.249 e. The number of nitrogens with one attached hydrogen (secondary N) is 2. The average Bonchev–Trinajstić information content (AvgIpc) is 2.85. The van der Waals surface area contributed by atoms with E-state index >= 15 is 0 Å². The molecule has 1 aliphatic rings. The lowest BCUT2D eigenvalue weighted by atomic mass is 10.2. The Morgan fingerprint density at radius 2 is 2.06 bits per heavy atom. The SMILES string of the molecule is CCCCC(=O)NCCNC(=O)C1CCCO1. The van der Waals surface area contributed by atoms with Crippen molar-refractivity contribution in [3.8, 4) is 0 Å². The van der Waals surface area contributed by atoms with Gasteiger partial charge in [-0.05, 0) is 19.3 Å². The van der Waals surface area contributed by atoms with Crippen LogP contribution >= 0.6 is 0 Å². The molecule has 17 heavy (non-hydrogen) atoms. The van der Waals surface area contributed by atoms with E-state index in [0.29, 0.717) is 26.1 Å². The quantitative estimate of drug-likeness (QED) is 0.642. The van der Waals surface area contributed by atoms with Gasteiger partial charge in [0.25, 0.3) is 0 Å². The topological polar surface area (TPSA) is 67.4 Å². The van der Waals surface area contributed by atoms with Gasteiger partial charge in [0, 0.05) is 26.1 Å². The Balaban J connectivity index is 1.99. The molecule has 0 spiro atoms. The summed E-state index contributed by atoms with van der Waals surface area (Å²) in [6, 6.07) is 0. The zero-order valence-corrected chi connectivity index (χ0v) is 10.5. The van der Waals surface area contributed by atoms with Crippen molar-refractivity contribution in [2.24, 2.45) is 0 Å². The molecule has 2 amide bonds. The van der Waals surface area contributed by atoms with Gasteiger partial charge in [-0.15, -0.1) is 0 Å². The molecular weight excluding hydrogens is 220 g/mol. The molecule has 5 nitrogen and oxygen atoms in total. The molecule has 0 aromatic heterocycles. The van der Waals surface area contributed by atoms with Gasteiger partial charge >= 0.3 is 0 Å². The molecular formula is C12H22N2O3. The van der Waals surface area contributed by atoms with Crippen molar-refractivity contribution in [2.45, 2.75) is 45.1 Å². The van der Waals surface area contributed by atoms with Crippen LogP contribution in [-0.4, -0.2) is 37.6 Å². The monoisotopic (exact) mass is 242 g/mol. The van der Waals surface area contributed by atoms with Crippen LogP contribution in [-0.2, 0) is 14.3 Å². The van der Waals surface area contributed by atoms with Crippen molar-refractivity contribution in [3.63, 3.8) is 0 Å². The second kappa shape index (κ2) is 8.06. The van der Waals surface area contributed by atoms with Crippen molar-refractivity contribution in [1.82, 2.24) is 10.6 Å². The minimum Gasteiger partial charge on any atom is -0.368 e. The summed E-state index contributed by atoms with van der Waals surface area (Å²) in [5, 5.41) is 5.53. The van der Waals surface area contributed by atoms with Crippen LogP contribution in [0.4, 0.5) is 0 Å². The first-order chi connectivity index (χ1) is 8.24. The molecule has 0 saturated carbocycles. The lowest BCUT2D eigenvalue weighted by molar-refractivity contribution is -0.130. The van der Waals surface area contributed by atoms with Crippen molar-refractivity contribution >= 4 is 11.8 Å². The van der Waals surface area contributed by atoms with E-state index in [-0.39, 0.29) is 17.9 Å². The lowest BCUT2D eigenvalue weighted by Gasteiger charge is -2.10. The van der Waals surface area contributed by atoms with Crippen LogP contribution in [0.3, 0.4) is 0 Å². The molecule has 0 aromatic carbocycles. The highest BCUT2D eigenvalue weighted by atomic mass is 16.5. The highest BCUT2D eigenvalue weighted by Crippen LogP contribution is 2.11. The van der Waals surface area contributed by atoms with Gasteiger partial charge < -0.3 is 15.4 Å². The summed E-state index contributed by atoms with van der Waals surface area (Å²) >= 11 is 0. The number of carbonyl (C=O) groups is 2. The molecule has 0 bridgehead atoms. The third-order valence-electron chi connectivity index (χ3n) is 2.73. The largest absolute Gasteiger partial charge is 0.368 e. The van der Waals surface area contributed by atoms with Gasteiger partial charge in [0.15, 0.2) is 0 Å². The Morgan fingerprint density at radius 1 is 1.29 bits per heavy atom. The predicted molar refractivity (Wildman–Crippen MR) is 64.5 cm³/mol. The van der Waals surface area contributed by atoms with Crippen LogP contribution in [0.1, 0.15) is 39.0 Å².